The van der Waals surface area contributed by atoms with E-state index in [9.17, 15) is 0 Å². The van der Waals surface area contributed by atoms with Crippen LogP contribution in [-0.4, -0.2) is 31.8 Å². The van der Waals surface area contributed by atoms with Crippen molar-refractivity contribution in [3.63, 3.8) is 0 Å². The Morgan fingerprint density at radius 3 is 2.77 bits per heavy atom. The van der Waals surface area contributed by atoms with E-state index < -0.39 is 0 Å². The second-order valence-corrected chi connectivity index (χ2v) is 6.84. The lowest BCUT2D eigenvalue weighted by molar-refractivity contribution is 0.114. The first-order chi connectivity index (χ1) is 12.8. The Bertz CT molecular complexity index is 780. The molecule has 0 aliphatic carbocycles. The number of rotatable bonds is 5. The average Bonchev–Trinajstić information content (AvgIpc) is 3.36. The number of nitrogens with zero attached hydrogens (tertiary/aromatic N) is 1. The first-order valence-corrected chi connectivity index (χ1v) is 9.28. The Morgan fingerprint density at radius 1 is 1.12 bits per heavy atom. The van der Waals surface area contributed by atoms with Crippen LogP contribution in [0.15, 0.2) is 47.5 Å². The molecule has 0 saturated carbocycles. The van der Waals surface area contributed by atoms with Gasteiger partial charge < -0.3 is 20.5 Å². The molecule has 0 spiro atoms. The van der Waals surface area contributed by atoms with Gasteiger partial charge in [-0.25, -0.2) is 4.99 Å². The molecule has 1 unspecified atom stereocenters. The number of aliphatic imine (C=N–C) groups is 1. The second-order valence-electron chi connectivity index (χ2n) is 6.84. The van der Waals surface area contributed by atoms with Crippen LogP contribution in [0.3, 0.4) is 0 Å². The highest BCUT2D eigenvalue weighted by atomic mass is 16.5. The van der Waals surface area contributed by atoms with Gasteiger partial charge in [0.2, 0.25) is 0 Å². The van der Waals surface area contributed by atoms with Crippen molar-refractivity contribution in [2.45, 2.75) is 31.9 Å². The third kappa shape index (κ3) is 3.99. The van der Waals surface area contributed by atoms with Gasteiger partial charge in [-0.15, -0.1) is 0 Å². The Hall–Kier alpha value is -2.53. The molecule has 5 nitrogen and oxygen atoms in total. The van der Waals surface area contributed by atoms with E-state index in [0.29, 0.717) is 12.5 Å². The number of guanidine groups is 1. The third-order valence-electron chi connectivity index (χ3n) is 4.94. The van der Waals surface area contributed by atoms with Crippen LogP contribution in [0.2, 0.25) is 0 Å². The van der Waals surface area contributed by atoms with Crippen molar-refractivity contribution in [3.8, 4) is 16.9 Å². The topological polar surface area (TPSA) is 68.9 Å². The summed E-state index contributed by atoms with van der Waals surface area (Å²) in [6.45, 7) is 2.95. The molecule has 2 aromatic carbocycles. The normalized spacial score (nSPS) is 19.2. The summed E-state index contributed by atoms with van der Waals surface area (Å²) in [7, 11) is 0. The molecule has 1 saturated heterocycles. The highest BCUT2D eigenvalue weighted by Crippen LogP contribution is 2.30. The number of benzene rings is 2. The van der Waals surface area contributed by atoms with Gasteiger partial charge in [0, 0.05) is 19.6 Å². The van der Waals surface area contributed by atoms with Crippen molar-refractivity contribution in [1.29, 1.82) is 0 Å². The SMILES string of the molecule is NC(=NCc1ccc(-c2ccc3c(c2)CCO3)cc1)NCC1CCCO1. The minimum absolute atomic E-state index is 0.265. The minimum Gasteiger partial charge on any atom is -0.493 e. The lowest BCUT2D eigenvalue weighted by Crippen LogP contribution is -2.37. The van der Waals surface area contributed by atoms with Gasteiger partial charge in [-0.2, -0.15) is 0 Å². The molecule has 0 radical (unpaired) electrons. The van der Waals surface area contributed by atoms with Gasteiger partial charge in [-0.05, 0) is 47.2 Å². The summed E-state index contributed by atoms with van der Waals surface area (Å²) in [5.41, 5.74) is 10.8. The molecule has 2 aliphatic rings. The van der Waals surface area contributed by atoms with Crippen LogP contribution in [-0.2, 0) is 17.7 Å². The van der Waals surface area contributed by atoms with Crippen LogP contribution < -0.4 is 15.8 Å². The van der Waals surface area contributed by atoms with Gasteiger partial charge >= 0.3 is 0 Å². The molecule has 136 valence electrons. The second kappa shape index (κ2) is 7.79. The maximum absolute atomic E-state index is 5.94. The smallest absolute Gasteiger partial charge is 0.189 e. The van der Waals surface area contributed by atoms with Gasteiger partial charge in [0.05, 0.1) is 19.3 Å². The van der Waals surface area contributed by atoms with Crippen LogP contribution in [0, 0.1) is 0 Å². The first kappa shape index (κ1) is 16.9. The van der Waals surface area contributed by atoms with Crippen LogP contribution in [0.4, 0.5) is 0 Å². The zero-order valence-electron chi connectivity index (χ0n) is 14.9. The number of nitrogens with one attached hydrogen (secondary N) is 1. The molecule has 2 heterocycles. The summed E-state index contributed by atoms with van der Waals surface area (Å²) in [4.78, 5) is 4.42. The van der Waals surface area contributed by atoms with E-state index >= 15 is 0 Å². The molecule has 2 aromatic rings. The summed E-state index contributed by atoms with van der Waals surface area (Å²) < 4.78 is 11.1. The Morgan fingerprint density at radius 2 is 1.96 bits per heavy atom. The highest BCUT2D eigenvalue weighted by molar-refractivity contribution is 5.77. The number of hydrogen-bond donors (Lipinski definition) is 2. The number of hydrogen-bond acceptors (Lipinski definition) is 3. The monoisotopic (exact) mass is 351 g/mol. The van der Waals surface area contributed by atoms with Crippen molar-refractivity contribution in [3.05, 3.63) is 53.6 Å². The van der Waals surface area contributed by atoms with E-state index in [1.54, 1.807) is 0 Å². The molecule has 1 fully saturated rings. The molecule has 26 heavy (non-hydrogen) atoms. The van der Waals surface area contributed by atoms with Gasteiger partial charge in [0.15, 0.2) is 5.96 Å². The predicted octanol–water partition coefficient (Wildman–Crippen LogP) is 2.87. The van der Waals surface area contributed by atoms with Gasteiger partial charge in [0.25, 0.3) is 0 Å². The van der Waals surface area contributed by atoms with Crippen LogP contribution in [0.5, 0.6) is 5.75 Å². The highest BCUT2D eigenvalue weighted by Gasteiger charge is 2.15. The predicted molar refractivity (Wildman–Crippen MR) is 103 cm³/mol. The van der Waals surface area contributed by atoms with E-state index in [0.717, 1.165) is 50.3 Å². The van der Waals surface area contributed by atoms with E-state index in [1.165, 1.54) is 16.7 Å². The van der Waals surface area contributed by atoms with Gasteiger partial charge in [-0.1, -0.05) is 30.3 Å². The van der Waals surface area contributed by atoms with Gasteiger partial charge in [0.1, 0.15) is 5.75 Å². The van der Waals surface area contributed by atoms with Crippen LogP contribution in [0.1, 0.15) is 24.0 Å². The fourth-order valence-electron chi connectivity index (χ4n) is 3.42. The summed E-state index contributed by atoms with van der Waals surface area (Å²) in [6.07, 6.45) is 3.48. The minimum atomic E-state index is 0.265. The summed E-state index contributed by atoms with van der Waals surface area (Å²) >= 11 is 0. The van der Waals surface area contributed by atoms with Crippen molar-refractivity contribution < 1.29 is 9.47 Å². The molecule has 1 atom stereocenters. The Kier molecular flexibility index (Phi) is 5.07. The molecule has 4 rings (SSSR count). The fraction of sp³-hybridized carbons (Fsp3) is 0.381. The average molecular weight is 351 g/mol. The summed E-state index contributed by atoms with van der Waals surface area (Å²) in [5, 5.41) is 3.15. The number of nitrogens with two attached hydrogens (primary N) is 1. The maximum atomic E-state index is 5.94. The molecule has 5 heteroatoms. The largest absolute Gasteiger partial charge is 0.493 e. The Labute approximate surface area is 154 Å². The molecule has 2 aliphatic heterocycles. The first-order valence-electron chi connectivity index (χ1n) is 9.28. The lowest BCUT2D eigenvalue weighted by Gasteiger charge is -2.11. The van der Waals surface area contributed by atoms with E-state index in [2.05, 4.69) is 52.8 Å². The molecule has 0 aromatic heterocycles. The zero-order chi connectivity index (χ0) is 17.8. The molecule has 0 amide bonds. The van der Waals surface area contributed by atoms with Gasteiger partial charge in [-0.3, -0.25) is 0 Å². The van der Waals surface area contributed by atoms with Crippen LogP contribution in [0.25, 0.3) is 11.1 Å². The molecular formula is C21H25N3O2. The zero-order valence-corrected chi connectivity index (χ0v) is 14.9. The van der Waals surface area contributed by atoms with Crippen molar-refractivity contribution in [2.75, 3.05) is 19.8 Å². The lowest BCUT2D eigenvalue weighted by atomic mass is 10.0. The maximum Gasteiger partial charge on any atom is 0.189 e. The Balaban J connectivity index is 1.34. The molecular weight excluding hydrogens is 326 g/mol. The quantitative estimate of drug-likeness (QED) is 0.642. The van der Waals surface area contributed by atoms with E-state index in [4.69, 9.17) is 15.2 Å². The van der Waals surface area contributed by atoms with E-state index in [1.807, 2.05) is 0 Å². The number of fused-ring (bicyclic) bond motifs is 1. The fourth-order valence-corrected chi connectivity index (χ4v) is 3.42. The molecule has 3 N–H and O–H groups in total. The molecule has 0 bridgehead atoms. The summed E-state index contributed by atoms with van der Waals surface area (Å²) in [5.74, 6) is 1.49. The van der Waals surface area contributed by atoms with Crippen molar-refractivity contribution in [2.24, 2.45) is 10.7 Å². The van der Waals surface area contributed by atoms with E-state index in [-0.39, 0.29) is 6.10 Å². The standard InChI is InChI=1S/C21H25N3O2/c22-21(24-14-19-2-1-10-25-19)23-13-15-3-5-16(6-4-15)17-7-8-20-18(12-17)9-11-26-20/h3-8,12,19H,1-2,9-11,13-14H2,(H3,22,23,24). The number of ether oxygens (including phenoxy) is 2. The third-order valence-corrected chi connectivity index (χ3v) is 4.94. The summed E-state index contributed by atoms with van der Waals surface area (Å²) in [6, 6.07) is 14.9. The van der Waals surface area contributed by atoms with Crippen molar-refractivity contribution >= 4 is 5.96 Å². The van der Waals surface area contributed by atoms with Crippen molar-refractivity contribution in [1.82, 2.24) is 5.32 Å². The van der Waals surface area contributed by atoms with Crippen LogP contribution >= 0.6 is 0 Å².